The molecule has 12 heteroatoms. The number of carbonyl (C=O) groups is 6. The maximum atomic E-state index is 11.6. The van der Waals surface area contributed by atoms with Gasteiger partial charge in [0.25, 0.3) is 0 Å². The fourth-order valence-electron chi connectivity index (χ4n) is 1.34. The normalized spacial score (nSPS) is 12.6. The summed E-state index contributed by atoms with van der Waals surface area (Å²) >= 11 is 0.922. The van der Waals surface area contributed by atoms with Crippen molar-refractivity contribution >= 4 is 57.5 Å². The summed E-state index contributed by atoms with van der Waals surface area (Å²) in [5.41, 5.74) is 3.85. The molecular weight excluding hydrogens is 364 g/mol. The SMILES string of the molecule is CC(=O)SC(CC(=O)NNC(=O)CC(SC(C)=O)C(=O)O)C(=O)O. The van der Waals surface area contributed by atoms with Crippen molar-refractivity contribution in [3.8, 4) is 0 Å². The van der Waals surface area contributed by atoms with Crippen molar-refractivity contribution in [3.05, 3.63) is 0 Å². The first-order valence-electron chi connectivity index (χ1n) is 6.40. The number of carboxylic acids is 2. The number of hydrazine groups is 1. The fourth-order valence-corrected chi connectivity index (χ4v) is 2.81. The van der Waals surface area contributed by atoms with E-state index in [1.165, 1.54) is 0 Å². The first-order valence-corrected chi connectivity index (χ1v) is 8.16. The van der Waals surface area contributed by atoms with Crippen molar-refractivity contribution in [1.29, 1.82) is 0 Å². The van der Waals surface area contributed by atoms with Crippen LogP contribution < -0.4 is 10.9 Å². The third-order valence-electron chi connectivity index (χ3n) is 2.25. The molecule has 0 aliphatic carbocycles. The minimum atomic E-state index is -1.36. The monoisotopic (exact) mass is 380 g/mol. The van der Waals surface area contributed by atoms with E-state index < -0.39 is 57.3 Å². The van der Waals surface area contributed by atoms with Crippen molar-refractivity contribution in [2.75, 3.05) is 0 Å². The van der Waals surface area contributed by atoms with Crippen LogP contribution in [0.25, 0.3) is 0 Å². The average Bonchev–Trinajstić information content (AvgIpc) is 2.42. The van der Waals surface area contributed by atoms with Gasteiger partial charge in [0, 0.05) is 13.8 Å². The molecule has 0 aromatic carbocycles. The Morgan fingerprint density at radius 3 is 1.25 bits per heavy atom. The van der Waals surface area contributed by atoms with Crippen LogP contribution in [-0.4, -0.2) is 54.7 Å². The molecule has 0 heterocycles. The van der Waals surface area contributed by atoms with Crippen LogP contribution in [0.5, 0.6) is 0 Å². The summed E-state index contributed by atoms with van der Waals surface area (Å²) in [5.74, 6) is -4.45. The van der Waals surface area contributed by atoms with E-state index in [1.54, 1.807) is 0 Å². The molecule has 2 unspecified atom stereocenters. The van der Waals surface area contributed by atoms with Gasteiger partial charge < -0.3 is 10.2 Å². The molecule has 0 rings (SSSR count). The molecule has 0 aromatic heterocycles. The second-order valence-corrected chi connectivity index (χ2v) is 7.14. The highest BCUT2D eigenvalue weighted by Gasteiger charge is 2.26. The van der Waals surface area contributed by atoms with E-state index in [0.717, 1.165) is 13.8 Å². The number of hydrogen-bond acceptors (Lipinski definition) is 8. The predicted octanol–water partition coefficient (Wildman–Crippen LogP) is -0.620. The van der Waals surface area contributed by atoms with Gasteiger partial charge >= 0.3 is 11.9 Å². The van der Waals surface area contributed by atoms with Crippen molar-refractivity contribution in [2.45, 2.75) is 37.2 Å². The fraction of sp³-hybridized carbons (Fsp3) is 0.500. The van der Waals surface area contributed by atoms with Crippen molar-refractivity contribution in [2.24, 2.45) is 0 Å². The van der Waals surface area contributed by atoms with Gasteiger partial charge in [-0.05, 0) is 0 Å². The van der Waals surface area contributed by atoms with Crippen LogP contribution in [0.4, 0.5) is 0 Å². The van der Waals surface area contributed by atoms with E-state index in [-0.39, 0.29) is 0 Å². The zero-order chi connectivity index (χ0) is 18.9. The Kier molecular flexibility index (Phi) is 9.73. The standard InChI is InChI=1S/C12H16N2O8S2/c1-5(15)23-7(11(19)20)3-9(17)13-14-10(18)4-8(12(21)22)24-6(2)16/h7-8H,3-4H2,1-2H3,(H,13,17)(H,14,18)(H,19,20)(H,21,22). The summed E-state index contributed by atoms with van der Waals surface area (Å²) in [6, 6.07) is 0. The van der Waals surface area contributed by atoms with E-state index in [2.05, 4.69) is 0 Å². The van der Waals surface area contributed by atoms with Gasteiger partial charge in [0.05, 0.1) is 12.8 Å². The number of hydrogen-bond donors (Lipinski definition) is 4. The van der Waals surface area contributed by atoms with E-state index in [9.17, 15) is 28.8 Å². The van der Waals surface area contributed by atoms with Gasteiger partial charge in [0.15, 0.2) is 10.2 Å². The summed E-state index contributed by atoms with van der Waals surface area (Å²) in [4.78, 5) is 66.7. The Bertz CT molecular complexity index is 503. The van der Waals surface area contributed by atoms with E-state index in [1.807, 2.05) is 10.9 Å². The summed E-state index contributed by atoms with van der Waals surface area (Å²) in [5, 5.41) is 14.2. The third-order valence-corrected chi connectivity index (χ3v) is 4.22. The molecule has 0 fully saturated rings. The lowest BCUT2D eigenvalue weighted by atomic mass is 10.3. The van der Waals surface area contributed by atoms with Gasteiger partial charge in [-0.1, -0.05) is 23.5 Å². The Morgan fingerprint density at radius 2 is 1.04 bits per heavy atom. The topological polar surface area (TPSA) is 167 Å². The van der Waals surface area contributed by atoms with Gasteiger partial charge in [0.1, 0.15) is 10.5 Å². The number of carboxylic acid groups (broad SMARTS) is 2. The van der Waals surface area contributed by atoms with Gasteiger partial charge in [-0.25, -0.2) is 0 Å². The maximum absolute atomic E-state index is 11.6. The lowest BCUT2D eigenvalue weighted by Gasteiger charge is -2.13. The Balaban J connectivity index is 4.45. The molecular formula is C12H16N2O8S2. The molecule has 0 spiro atoms. The third kappa shape index (κ3) is 9.84. The van der Waals surface area contributed by atoms with Gasteiger partial charge in [-0.2, -0.15) is 0 Å². The molecule has 4 N–H and O–H groups in total. The molecule has 0 aliphatic heterocycles. The summed E-state index contributed by atoms with van der Waals surface area (Å²) in [6.07, 6.45) is -1.13. The first-order chi connectivity index (χ1) is 11.0. The lowest BCUT2D eigenvalue weighted by Crippen LogP contribution is -2.44. The molecule has 0 bridgehead atoms. The molecule has 0 radical (unpaired) electrons. The van der Waals surface area contributed by atoms with Crippen LogP contribution in [0.2, 0.25) is 0 Å². The van der Waals surface area contributed by atoms with Crippen LogP contribution >= 0.6 is 23.5 Å². The van der Waals surface area contributed by atoms with Crippen LogP contribution in [0.3, 0.4) is 0 Å². The Morgan fingerprint density at radius 1 is 0.750 bits per heavy atom. The minimum Gasteiger partial charge on any atom is -0.480 e. The van der Waals surface area contributed by atoms with Crippen LogP contribution in [0.1, 0.15) is 26.7 Å². The number of carbonyl (C=O) groups excluding carboxylic acids is 4. The Hall–Kier alpha value is -2.08. The molecule has 10 nitrogen and oxygen atoms in total. The minimum absolute atomic E-state index is 0.461. The van der Waals surface area contributed by atoms with E-state index >= 15 is 0 Å². The van der Waals surface area contributed by atoms with E-state index in [4.69, 9.17) is 10.2 Å². The van der Waals surface area contributed by atoms with Gasteiger partial charge in [0.2, 0.25) is 11.8 Å². The molecule has 0 saturated carbocycles. The van der Waals surface area contributed by atoms with E-state index in [0.29, 0.717) is 23.5 Å². The highest BCUT2D eigenvalue weighted by atomic mass is 32.2. The van der Waals surface area contributed by atoms with Crippen molar-refractivity contribution < 1.29 is 39.0 Å². The maximum Gasteiger partial charge on any atom is 0.317 e. The van der Waals surface area contributed by atoms with Crippen molar-refractivity contribution in [1.82, 2.24) is 10.9 Å². The lowest BCUT2D eigenvalue weighted by molar-refractivity contribution is -0.139. The number of rotatable bonds is 8. The number of amides is 2. The molecule has 0 aromatic rings. The second-order valence-electron chi connectivity index (χ2n) is 4.38. The quantitative estimate of drug-likeness (QED) is 0.398. The van der Waals surface area contributed by atoms with Crippen LogP contribution in [0, 0.1) is 0 Å². The second kappa shape index (κ2) is 10.6. The first kappa shape index (κ1) is 21.9. The number of nitrogens with one attached hydrogen (secondary N) is 2. The molecule has 24 heavy (non-hydrogen) atoms. The summed E-state index contributed by atoms with van der Waals surface area (Å²) < 4.78 is 0. The molecule has 2 amide bonds. The molecule has 134 valence electrons. The van der Waals surface area contributed by atoms with Gasteiger partial charge in [-0.3, -0.25) is 39.6 Å². The molecule has 2 atom stereocenters. The van der Waals surface area contributed by atoms with Crippen molar-refractivity contribution in [3.63, 3.8) is 0 Å². The summed E-state index contributed by atoms with van der Waals surface area (Å²) in [7, 11) is 0. The highest BCUT2D eigenvalue weighted by molar-refractivity contribution is 8.14. The summed E-state index contributed by atoms with van der Waals surface area (Å²) in [6.45, 7) is 2.30. The highest BCUT2D eigenvalue weighted by Crippen LogP contribution is 2.16. The average molecular weight is 380 g/mol. The van der Waals surface area contributed by atoms with Gasteiger partial charge in [-0.15, -0.1) is 0 Å². The number of thioether (sulfide) groups is 2. The predicted molar refractivity (Wildman–Crippen MR) is 84.9 cm³/mol. The molecule has 0 saturated heterocycles. The zero-order valence-corrected chi connectivity index (χ0v) is 14.4. The zero-order valence-electron chi connectivity index (χ0n) is 12.7. The van der Waals surface area contributed by atoms with Crippen LogP contribution in [-0.2, 0) is 28.8 Å². The smallest absolute Gasteiger partial charge is 0.317 e. The molecule has 0 aliphatic rings. The number of aliphatic carboxylic acids is 2. The Labute approximate surface area is 145 Å². The largest absolute Gasteiger partial charge is 0.480 e. The van der Waals surface area contributed by atoms with Crippen LogP contribution in [0.15, 0.2) is 0 Å².